The third-order valence-corrected chi connectivity index (χ3v) is 4.46. The van der Waals surface area contributed by atoms with E-state index in [1.807, 2.05) is 0 Å². The molecule has 138 valence electrons. The van der Waals surface area contributed by atoms with E-state index in [4.69, 9.17) is 16.3 Å². The molecule has 1 aromatic carbocycles. The van der Waals surface area contributed by atoms with E-state index in [0.29, 0.717) is 29.6 Å². The van der Waals surface area contributed by atoms with Crippen LogP contribution in [0.5, 0.6) is 0 Å². The van der Waals surface area contributed by atoms with Crippen LogP contribution in [-0.4, -0.2) is 44.7 Å². The lowest BCUT2D eigenvalue weighted by molar-refractivity contribution is -0.00349. The number of aryl methyl sites for hydroxylation is 1. The minimum absolute atomic E-state index is 0.00528. The number of benzene rings is 1. The van der Waals surface area contributed by atoms with Crippen molar-refractivity contribution in [2.75, 3.05) is 13.2 Å². The molecule has 0 aliphatic carbocycles. The number of aromatic nitrogens is 4. The zero-order valence-electron chi connectivity index (χ0n) is 14.4. The van der Waals surface area contributed by atoms with Gasteiger partial charge in [0.15, 0.2) is 0 Å². The highest BCUT2D eigenvalue weighted by Gasteiger charge is 2.24. The van der Waals surface area contributed by atoms with Gasteiger partial charge in [-0.15, -0.1) is 0 Å². The number of hydrogen-bond acceptors (Lipinski definition) is 5. The fourth-order valence-corrected chi connectivity index (χ4v) is 2.82. The van der Waals surface area contributed by atoms with Crippen molar-refractivity contribution in [2.45, 2.75) is 6.04 Å². The molecule has 1 saturated heterocycles. The monoisotopic (exact) mass is 385 g/mol. The second-order valence-electron chi connectivity index (χ2n) is 6.25. The summed E-state index contributed by atoms with van der Waals surface area (Å²) in [6, 6.07) is 8.42. The van der Waals surface area contributed by atoms with E-state index in [1.165, 1.54) is 16.9 Å². The summed E-state index contributed by atoms with van der Waals surface area (Å²) in [6.07, 6.45) is 3.17. The van der Waals surface area contributed by atoms with Crippen molar-refractivity contribution in [3.63, 3.8) is 0 Å². The Hall–Kier alpha value is -2.97. The molecule has 0 saturated carbocycles. The van der Waals surface area contributed by atoms with Crippen LogP contribution >= 0.6 is 11.6 Å². The van der Waals surface area contributed by atoms with Crippen molar-refractivity contribution in [1.82, 2.24) is 24.9 Å². The maximum atomic E-state index is 12.9. The van der Waals surface area contributed by atoms with Crippen molar-refractivity contribution in [3.05, 3.63) is 63.7 Å². The zero-order chi connectivity index (χ0) is 19.0. The van der Waals surface area contributed by atoms with E-state index in [9.17, 15) is 9.59 Å². The van der Waals surface area contributed by atoms with Crippen molar-refractivity contribution in [3.8, 4) is 16.9 Å². The highest BCUT2D eigenvalue weighted by Crippen LogP contribution is 2.20. The standard InChI is InChI=1S/C18H16ClN5O3/c1-23-8-14(7-20-23)24-18(26)15(17(25)21-13-9-27-10-13)6-16(22-24)11-2-4-12(19)5-3-11/h2-8,13H,9-10H2,1H3,(H,21,25). The number of carbonyl (C=O) groups excluding carboxylic acids is 1. The van der Waals surface area contributed by atoms with Gasteiger partial charge in [-0.3, -0.25) is 14.3 Å². The Labute approximate surface area is 159 Å². The van der Waals surface area contributed by atoms with Gasteiger partial charge in [-0.1, -0.05) is 23.7 Å². The topological polar surface area (TPSA) is 91.0 Å². The van der Waals surface area contributed by atoms with Gasteiger partial charge in [-0.05, 0) is 18.2 Å². The lowest BCUT2D eigenvalue weighted by Crippen LogP contribution is -2.49. The van der Waals surface area contributed by atoms with Crippen molar-refractivity contribution < 1.29 is 9.53 Å². The quantitative estimate of drug-likeness (QED) is 0.733. The molecule has 1 aliphatic heterocycles. The SMILES string of the molecule is Cn1cc(-n2nc(-c3ccc(Cl)cc3)cc(C(=O)NC3COC3)c2=O)cn1. The first-order valence-electron chi connectivity index (χ1n) is 8.29. The van der Waals surface area contributed by atoms with Crippen LogP contribution in [0.15, 0.2) is 47.5 Å². The predicted octanol–water partition coefficient (Wildman–Crippen LogP) is 1.41. The summed E-state index contributed by atoms with van der Waals surface area (Å²) in [5.41, 5.74) is 1.17. The number of amides is 1. The van der Waals surface area contributed by atoms with Gasteiger partial charge >= 0.3 is 0 Å². The summed E-state index contributed by atoms with van der Waals surface area (Å²) in [7, 11) is 1.74. The van der Waals surface area contributed by atoms with Crippen molar-refractivity contribution in [1.29, 1.82) is 0 Å². The third kappa shape index (κ3) is 3.49. The molecular weight excluding hydrogens is 370 g/mol. The van der Waals surface area contributed by atoms with Crippen LogP contribution in [-0.2, 0) is 11.8 Å². The number of nitrogens with zero attached hydrogens (tertiary/aromatic N) is 4. The highest BCUT2D eigenvalue weighted by molar-refractivity contribution is 6.30. The molecule has 0 spiro atoms. The summed E-state index contributed by atoms with van der Waals surface area (Å²) in [6.45, 7) is 0.884. The number of rotatable bonds is 4. The fraction of sp³-hybridized carbons (Fsp3) is 0.222. The van der Waals surface area contributed by atoms with E-state index >= 15 is 0 Å². The third-order valence-electron chi connectivity index (χ3n) is 4.21. The molecule has 0 unspecified atom stereocenters. The second kappa shape index (κ2) is 6.98. The molecule has 3 heterocycles. The average Bonchev–Trinajstić information content (AvgIpc) is 3.05. The van der Waals surface area contributed by atoms with Gasteiger partial charge in [0.05, 0.1) is 37.3 Å². The highest BCUT2D eigenvalue weighted by atomic mass is 35.5. The molecule has 3 aromatic rings. The van der Waals surface area contributed by atoms with Gasteiger partial charge < -0.3 is 10.1 Å². The van der Waals surface area contributed by atoms with Gasteiger partial charge in [0.25, 0.3) is 11.5 Å². The molecule has 4 rings (SSSR count). The predicted molar refractivity (Wildman–Crippen MR) is 99.1 cm³/mol. The lowest BCUT2D eigenvalue weighted by atomic mass is 10.1. The van der Waals surface area contributed by atoms with Crippen LogP contribution in [0.4, 0.5) is 0 Å². The summed E-state index contributed by atoms with van der Waals surface area (Å²) in [5, 5.41) is 11.9. The summed E-state index contributed by atoms with van der Waals surface area (Å²) < 4.78 is 7.81. The molecule has 9 heteroatoms. The van der Waals surface area contributed by atoms with Gasteiger partial charge in [0.2, 0.25) is 0 Å². The number of carbonyl (C=O) groups is 1. The van der Waals surface area contributed by atoms with Crippen LogP contribution in [0.2, 0.25) is 5.02 Å². The maximum Gasteiger partial charge on any atom is 0.284 e. The number of halogens is 1. The van der Waals surface area contributed by atoms with Crippen LogP contribution in [0.1, 0.15) is 10.4 Å². The molecule has 1 fully saturated rings. The Morgan fingerprint density at radius 3 is 2.63 bits per heavy atom. The van der Waals surface area contributed by atoms with Gasteiger partial charge in [0.1, 0.15) is 11.3 Å². The zero-order valence-corrected chi connectivity index (χ0v) is 15.2. The van der Waals surface area contributed by atoms with Gasteiger partial charge in [-0.2, -0.15) is 14.9 Å². The van der Waals surface area contributed by atoms with E-state index < -0.39 is 11.5 Å². The largest absolute Gasteiger partial charge is 0.377 e. The van der Waals surface area contributed by atoms with Crippen molar-refractivity contribution in [2.24, 2.45) is 7.05 Å². The first kappa shape index (κ1) is 17.4. The summed E-state index contributed by atoms with van der Waals surface area (Å²) >= 11 is 5.95. The van der Waals surface area contributed by atoms with Crippen LogP contribution in [0.3, 0.4) is 0 Å². The molecule has 0 atom stereocenters. The molecule has 1 N–H and O–H groups in total. The fourth-order valence-electron chi connectivity index (χ4n) is 2.69. The average molecular weight is 386 g/mol. The van der Waals surface area contributed by atoms with Crippen molar-refractivity contribution >= 4 is 17.5 Å². The Bertz CT molecular complexity index is 1050. The number of nitrogens with one attached hydrogen (secondary N) is 1. The summed E-state index contributed by atoms with van der Waals surface area (Å²) in [5.74, 6) is -0.455. The molecule has 1 aliphatic rings. The van der Waals surface area contributed by atoms with Crippen LogP contribution in [0.25, 0.3) is 16.9 Å². The lowest BCUT2D eigenvalue weighted by Gasteiger charge is -2.26. The van der Waals surface area contributed by atoms with E-state index in [2.05, 4.69) is 15.5 Å². The molecule has 0 bridgehead atoms. The first-order valence-corrected chi connectivity index (χ1v) is 8.67. The first-order chi connectivity index (χ1) is 13.0. The van der Waals surface area contributed by atoms with Gasteiger partial charge in [-0.25, -0.2) is 0 Å². The van der Waals surface area contributed by atoms with E-state index in [1.54, 1.807) is 42.2 Å². The molecule has 27 heavy (non-hydrogen) atoms. The molecule has 1 amide bonds. The Kier molecular flexibility index (Phi) is 4.51. The smallest absolute Gasteiger partial charge is 0.284 e. The van der Waals surface area contributed by atoms with E-state index in [0.717, 1.165) is 5.56 Å². The Morgan fingerprint density at radius 1 is 1.30 bits per heavy atom. The van der Waals surface area contributed by atoms with E-state index in [-0.39, 0.29) is 11.6 Å². The molecule has 2 aromatic heterocycles. The number of hydrogen-bond donors (Lipinski definition) is 1. The van der Waals surface area contributed by atoms with Gasteiger partial charge in [0, 0.05) is 17.6 Å². The maximum absolute atomic E-state index is 12.9. The minimum atomic E-state index is -0.515. The molecular formula is C18H16ClN5O3. The van der Waals surface area contributed by atoms with Crippen LogP contribution in [0, 0.1) is 0 Å². The number of ether oxygens (including phenoxy) is 1. The molecule has 8 nitrogen and oxygen atoms in total. The second-order valence-corrected chi connectivity index (χ2v) is 6.68. The molecule has 0 radical (unpaired) electrons. The Morgan fingerprint density at radius 2 is 2.04 bits per heavy atom. The Balaban J connectivity index is 1.83. The summed E-state index contributed by atoms with van der Waals surface area (Å²) in [4.78, 5) is 25.5. The van der Waals surface area contributed by atoms with Crippen LogP contribution < -0.4 is 10.9 Å². The normalized spacial score (nSPS) is 14.0. The minimum Gasteiger partial charge on any atom is -0.377 e.